The van der Waals surface area contributed by atoms with E-state index in [1.54, 1.807) is 6.07 Å². The van der Waals surface area contributed by atoms with Crippen LogP contribution in [0.3, 0.4) is 0 Å². The average molecular weight is 289 g/mol. The van der Waals surface area contributed by atoms with Crippen LogP contribution < -0.4 is 5.56 Å². The van der Waals surface area contributed by atoms with Crippen LogP contribution in [0.25, 0.3) is 0 Å². The minimum absolute atomic E-state index is 0.0115. The van der Waals surface area contributed by atoms with Crippen LogP contribution in [0.5, 0.6) is 0 Å². The molecule has 0 spiro atoms. The quantitative estimate of drug-likeness (QED) is 0.473. The van der Waals surface area contributed by atoms with Gasteiger partial charge in [-0.05, 0) is 11.6 Å². The van der Waals surface area contributed by atoms with E-state index in [2.05, 4.69) is 5.10 Å². The summed E-state index contributed by atoms with van der Waals surface area (Å²) in [6.07, 6.45) is 0. The summed E-state index contributed by atoms with van der Waals surface area (Å²) < 4.78 is 6.02. The monoisotopic (exact) mass is 289 g/mol. The third kappa shape index (κ3) is 3.50. The van der Waals surface area contributed by atoms with Crippen molar-refractivity contribution in [3.8, 4) is 0 Å². The molecule has 8 nitrogen and oxygen atoms in total. The van der Waals surface area contributed by atoms with E-state index in [1.807, 2.05) is 0 Å². The number of carbonyl (C=O) groups excluding carboxylic acids is 1. The van der Waals surface area contributed by atoms with Crippen molar-refractivity contribution < 1.29 is 14.5 Å². The summed E-state index contributed by atoms with van der Waals surface area (Å²) in [5, 5.41) is 14.4. The van der Waals surface area contributed by atoms with Crippen molar-refractivity contribution >= 4 is 11.7 Å². The Labute approximate surface area is 118 Å². The normalized spacial score (nSPS) is 10.1. The van der Waals surface area contributed by atoms with Gasteiger partial charge in [0.25, 0.3) is 11.2 Å². The summed E-state index contributed by atoms with van der Waals surface area (Å²) in [6, 6.07) is 8.25. The maximum atomic E-state index is 11.8. The van der Waals surface area contributed by atoms with Crippen LogP contribution >= 0.6 is 0 Å². The van der Waals surface area contributed by atoms with Crippen molar-refractivity contribution in [3.05, 3.63) is 68.1 Å². The van der Waals surface area contributed by atoms with Crippen LogP contribution in [0.4, 0.5) is 5.69 Å². The maximum Gasteiger partial charge on any atom is 0.359 e. The molecular formula is C13H11N3O5. The fourth-order valence-corrected chi connectivity index (χ4v) is 1.59. The number of benzene rings is 1. The molecule has 0 saturated heterocycles. The van der Waals surface area contributed by atoms with E-state index in [0.717, 1.165) is 4.68 Å². The molecule has 1 aromatic carbocycles. The second-order valence-corrected chi connectivity index (χ2v) is 4.18. The van der Waals surface area contributed by atoms with Crippen molar-refractivity contribution in [2.24, 2.45) is 7.05 Å². The Hall–Kier alpha value is -3.03. The number of carbonyl (C=O) groups is 1. The van der Waals surface area contributed by atoms with Crippen LogP contribution in [0, 0.1) is 10.1 Å². The number of hydrogen-bond acceptors (Lipinski definition) is 6. The summed E-state index contributed by atoms with van der Waals surface area (Å²) >= 11 is 0. The lowest BCUT2D eigenvalue weighted by Gasteiger charge is -2.05. The van der Waals surface area contributed by atoms with Crippen LogP contribution in [0.2, 0.25) is 0 Å². The summed E-state index contributed by atoms with van der Waals surface area (Å²) in [5.74, 6) is -0.711. The number of nitro groups is 1. The molecule has 0 unspecified atom stereocenters. The first-order valence-corrected chi connectivity index (χ1v) is 5.92. The molecule has 0 aliphatic heterocycles. The molecule has 108 valence electrons. The van der Waals surface area contributed by atoms with E-state index in [-0.39, 0.29) is 23.5 Å². The summed E-state index contributed by atoms with van der Waals surface area (Å²) in [6.45, 7) is -0.120. The van der Waals surface area contributed by atoms with Gasteiger partial charge >= 0.3 is 5.97 Å². The van der Waals surface area contributed by atoms with E-state index in [1.165, 1.54) is 37.4 Å². The van der Waals surface area contributed by atoms with Gasteiger partial charge in [-0.3, -0.25) is 14.9 Å². The van der Waals surface area contributed by atoms with Crippen LogP contribution in [-0.2, 0) is 18.4 Å². The average Bonchev–Trinajstić information content (AvgIpc) is 2.48. The molecule has 2 aromatic rings. The van der Waals surface area contributed by atoms with E-state index < -0.39 is 10.9 Å². The fourth-order valence-electron chi connectivity index (χ4n) is 1.59. The van der Waals surface area contributed by atoms with Gasteiger partial charge < -0.3 is 4.74 Å². The van der Waals surface area contributed by atoms with Gasteiger partial charge in [0.15, 0.2) is 5.69 Å². The molecule has 0 bridgehead atoms. The predicted octanol–water partition coefficient (Wildman–Crippen LogP) is 1.05. The second kappa shape index (κ2) is 5.95. The Bertz CT molecular complexity index is 753. The van der Waals surface area contributed by atoms with Gasteiger partial charge in [0.05, 0.1) is 4.92 Å². The Morgan fingerprint density at radius 3 is 2.81 bits per heavy atom. The fraction of sp³-hybridized carbons (Fsp3) is 0.154. The molecule has 0 aliphatic rings. The lowest BCUT2D eigenvalue weighted by atomic mass is 10.2. The minimum Gasteiger partial charge on any atom is -0.456 e. The molecule has 1 heterocycles. The molecule has 0 aliphatic carbocycles. The van der Waals surface area contributed by atoms with Gasteiger partial charge in [0, 0.05) is 25.2 Å². The van der Waals surface area contributed by atoms with Crippen LogP contribution in [0.1, 0.15) is 16.1 Å². The van der Waals surface area contributed by atoms with Gasteiger partial charge in [-0.25, -0.2) is 9.48 Å². The van der Waals surface area contributed by atoms with E-state index in [9.17, 15) is 19.7 Å². The molecule has 0 N–H and O–H groups in total. The van der Waals surface area contributed by atoms with Crippen LogP contribution in [0.15, 0.2) is 41.2 Å². The molecule has 0 saturated carbocycles. The molecule has 21 heavy (non-hydrogen) atoms. The highest BCUT2D eigenvalue weighted by molar-refractivity contribution is 5.86. The Kier molecular flexibility index (Phi) is 4.07. The smallest absolute Gasteiger partial charge is 0.359 e. The van der Waals surface area contributed by atoms with Gasteiger partial charge in [0.2, 0.25) is 0 Å². The number of aryl methyl sites for hydroxylation is 1. The molecule has 1 aromatic heterocycles. The van der Waals surface area contributed by atoms with Crippen molar-refractivity contribution in [2.75, 3.05) is 0 Å². The van der Waals surface area contributed by atoms with Crippen molar-refractivity contribution in [1.29, 1.82) is 0 Å². The van der Waals surface area contributed by atoms with Gasteiger partial charge in [-0.2, -0.15) is 5.10 Å². The van der Waals surface area contributed by atoms with Crippen molar-refractivity contribution in [1.82, 2.24) is 9.78 Å². The Balaban J connectivity index is 2.07. The highest BCUT2D eigenvalue weighted by atomic mass is 16.6. The number of nitrogens with zero attached hydrogens (tertiary/aromatic N) is 3. The zero-order valence-corrected chi connectivity index (χ0v) is 11.1. The number of rotatable bonds is 4. The van der Waals surface area contributed by atoms with E-state index in [0.29, 0.717) is 5.56 Å². The van der Waals surface area contributed by atoms with E-state index in [4.69, 9.17) is 4.74 Å². The number of ether oxygens (including phenoxy) is 1. The molecule has 2 rings (SSSR count). The number of esters is 1. The molecule has 0 radical (unpaired) electrons. The zero-order valence-electron chi connectivity index (χ0n) is 11.1. The Morgan fingerprint density at radius 2 is 2.14 bits per heavy atom. The molecular weight excluding hydrogens is 278 g/mol. The van der Waals surface area contributed by atoms with Crippen molar-refractivity contribution in [2.45, 2.75) is 6.61 Å². The highest BCUT2D eigenvalue weighted by Gasteiger charge is 2.12. The number of nitro benzene ring substituents is 1. The lowest BCUT2D eigenvalue weighted by molar-refractivity contribution is -0.384. The van der Waals surface area contributed by atoms with E-state index >= 15 is 0 Å². The second-order valence-electron chi connectivity index (χ2n) is 4.18. The third-order valence-corrected chi connectivity index (χ3v) is 2.66. The third-order valence-electron chi connectivity index (χ3n) is 2.66. The standard InChI is InChI=1S/C13H11N3O5/c1-15-12(17)6-5-11(14-15)13(18)21-8-9-3-2-4-10(7-9)16(19)20/h2-7H,8H2,1H3. The minimum atomic E-state index is -0.711. The molecule has 0 fully saturated rings. The van der Waals surface area contributed by atoms with Crippen molar-refractivity contribution in [3.63, 3.8) is 0 Å². The number of non-ortho nitro benzene ring substituents is 1. The van der Waals surface area contributed by atoms with Gasteiger partial charge in [-0.15, -0.1) is 0 Å². The number of aromatic nitrogens is 2. The maximum absolute atomic E-state index is 11.8. The first kappa shape index (κ1) is 14.4. The summed E-state index contributed by atoms with van der Waals surface area (Å²) in [7, 11) is 1.42. The lowest BCUT2D eigenvalue weighted by Crippen LogP contribution is -2.21. The number of hydrogen-bond donors (Lipinski definition) is 0. The molecule has 8 heteroatoms. The van der Waals surface area contributed by atoms with Crippen LogP contribution in [-0.4, -0.2) is 20.7 Å². The summed E-state index contributed by atoms with van der Waals surface area (Å²) in [5.41, 5.74) is 0.0546. The zero-order chi connectivity index (χ0) is 15.4. The predicted molar refractivity (Wildman–Crippen MR) is 71.7 cm³/mol. The first-order valence-electron chi connectivity index (χ1n) is 5.92. The largest absolute Gasteiger partial charge is 0.456 e. The Morgan fingerprint density at radius 1 is 1.38 bits per heavy atom. The molecule has 0 amide bonds. The highest BCUT2D eigenvalue weighted by Crippen LogP contribution is 2.14. The first-order chi connectivity index (χ1) is 9.97. The van der Waals surface area contributed by atoms with Gasteiger partial charge in [-0.1, -0.05) is 12.1 Å². The topological polar surface area (TPSA) is 104 Å². The van der Waals surface area contributed by atoms with Gasteiger partial charge in [0.1, 0.15) is 6.61 Å². The SMILES string of the molecule is Cn1nc(C(=O)OCc2cccc([N+](=O)[O-])c2)ccc1=O. The summed E-state index contributed by atoms with van der Waals surface area (Å²) in [4.78, 5) is 33.0. The molecule has 0 atom stereocenters.